The first-order chi connectivity index (χ1) is 7.45. The molecule has 0 saturated heterocycles. The predicted octanol–water partition coefficient (Wildman–Crippen LogP) is 3.21. The van der Waals surface area contributed by atoms with Crippen LogP contribution in [0.15, 0.2) is 28.9 Å². The van der Waals surface area contributed by atoms with Crippen molar-refractivity contribution >= 4 is 26.8 Å². The van der Waals surface area contributed by atoms with E-state index >= 15 is 0 Å². The van der Waals surface area contributed by atoms with Crippen LogP contribution in [-0.4, -0.2) is 16.3 Å². The Morgan fingerprint density at radius 2 is 2.06 bits per heavy atom. The quantitative estimate of drug-likeness (QED) is 0.899. The van der Waals surface area contributed by atoms with E-state index in [0.717, 1.165) is 10.0 Å². The van der Waals surface area contributed by atoms with Crippen LogP contribution in [-0.2, 0) is 12.5 Å². The van der Waals surface area contributed by atoms with Crippen molar-refractivity contribution in [3.63, 3.8) is 0 Å². The number of benzene rings is 1. The molecule has 86 valence electrons. The average Bonchev–Trinajstić information content (AvgIpc) is 2.54. The van der Waals surface area contributed by atoms with Crippen LogP contribution in [0.2, 0.25) is 0 Å². The number of halogens is 1. The number of nitrogens with zero attached hydrogens (tertiary/aromatic N) is 1. The summed E-state index contributed by atoms with van der Waals surface area (Å²) in [6, 6.07) is 6.34. The summed E-state index contributed by atoms with van der Waals surface area (Å²) in [7, 11) is 2.03. The van der Waals surface area contributed by atoms with E-state index in [2.05, 4.69) is 44.9 Å². The van der Waals surface area contributed by atoms with Crippen molar-refractivity contribution in [2.75, 3.05) is 6.61 Å². The minimum atomic E-state index is -0.190. The van der Waals surface area contributed by atoms with Gasteiger partial charge in [-0.3, -0.25) is 0 Å². The van der Waals surface area contributed by atoms with Gasteiger partial charge in [0.2, 0.25) is 0 Å². The summed E-state index contributed by atoms with van der Waals surface area (Å²) >= 11 is 3.54. The number of rotatable bonds is 2. The number of hydrogen-bond donors (Lipinski definition) is 1. The van der Waals surface area contributed by atoms with Gasteiger partial charge in [-0.25, -0.2) is 0 Å². The van der Waals surface area contributed by atoms with Crippen LogP contribution in [0.5, 0.6) is 0 Å². The van der Waals surface area contributed by atoms with E-state index in [1.165, 1.54) is 10.9 Å². The lowest BCUT2D eigenvalue weighted by Crippen LogP contribution is -2.21. The molecule has 0 fully saturated rings. The van der Waals surface area contributed by atoms with Crippen LogP contribution in [0.25, 0.3) is 10.9 Å². The Balaban J connectivity index is 2.64. The van der Waals surface area contributed by atoms with Crippen molar-refractivity contribution in [1.29, 1.82) is 0 Å². The number of aliphatic hydroxyl groups excluding tert-OH is 1. The Bertz CT molecular complexity index is 528. The Labute approximate surface area is 104 Å². The fourth-order valence-corrected chi connectivity index (χ4v) is 2.49. The van der Waals surface area contributed by atoms with Crippen molar-refractivity contribution < 1.29 is 5.11 Å². The highest BCUT2D eigenvalue weighted by Crippen LogP contribution is 2.30. The summed E-state index contributed by atoms with van der Waals surface area (Å²) in [5.41, 5.74) is 2.16. The van der Waals surface area contributed by atoms with Gasteiger partial charge in [0.25, 0.3) is 0 Å². The van der Waals surface area contributed by atoms with E-state index in [0.29, 0.717) is 0 Å². The van der Waals surface area contributed by atoms with E-state index in [1.807, 2.05) is 20.9 Å². The third-order valence-corrected chi connectivity index (χ3v) is 3.75. The Hall–Kier alpha value is -0.800. The molecule has 1 heterocycles. The predicted molar refractivity (Wildman–Crippen MR) is 70.7 cm³/mol. The van der Waals surface area contributed by atoms with Crippen LogP contribution in [0.3, 0.4) is 0 Å². The molecule has 0 amide bonds. The topological polar surface area (TPSA) is 25.2 Å². The summed E-state index contributed by atoms with van der Waals surface area (Å²) in [4.78, 5) is 0. The van der Waals surface area contributed by atoms with Crippen LogP contribution in [0.4, 0.5) is 0 Å². The molecule has 0 unspecified atom stereocenters. The van der Waals surface area contributed by atoms with Crippen molar-refractivity contribution in [2.45, 2.75) is 19.3 Å². The number of aryl methyl sites for hydroxylation is 1. The molecule has 0 saturated carbocycles. The number of hydrogen-bond acceptors (Lipinski definition) is 1. The van der Waals surface area contributed by atoms with E-state index in [-0.39, 0.29) is 12.0 Å². The zero-order valence-electron chi connectivity index (χ0n) is 9.79. The smallest absolute Gasteiger partial charge is 0.0522 e. The van der Waals surface area contributed by atoms with Gasteiger partial charge in [0, 0.05) is 34.0 Å². The molecule has 0 aliphatic rings. The monoisotopic (exact) mass is 281 g/mol. The van der Waals surface area contributed by atoms with Crippen molar-refractivity contribution in [1.82, 2.24) is 4.57 Å². The minimum absolute atomic E-state index is 0.157. The maximum absolute atomic E-state index is 9.38. The molecule has 1 aromatic heterocycles. The standard InChI is InChI=1S/C13H16BrNO/c1-13(2,8-16)9-4-5-10-11(14)7-15(3)12(10)6-9/h4-7,16H,8H2,1-3H3. The molecular formula is C13H16BrNO. The maximum atomic E-state index is 9.38. The number of aliphatic hydroxyl groups is 1. The summed E-state index contributed by atoms with van der Waals surface area (Å²) < 4.78 is 3.20. The van der Waals surface area contributed by atoms with Crippen molar-refractivity contribution in [3.05, 3.63) is 34.4 Å². The molecule has 0 radical (unpaired) electrons. The number of fused-ring (bicyclic) bond motifs is 1. The van der Waals surface area contributed by atoms with Gasteiger partial charge < -0.3 is 9.67 Å². The van der Waals surface area contributed by atoms with Gasteiger partial charge in [0.1, 0.15) is 0 Å². The van der Waals surface area contributed by atoms with E-state index < -0.39 is 0 Å². The SMILES string of the molecule is Cn1cc(Br)c2ccc(C(C)(C)CO)cc21. The first-order valence-electron chi connectivity index (χ1n) is 5.31. The Morgan fingerprint density at radius 1 is 1.38 bits per heavy atom. The molecule has 0 bridgehead atoms. The van der Waals surface area contributed by atoms with Gasteiger partial charge in [0.05, 0.1) is 6.61 Å². The molecular weight excluding hydrogens is 266 g/mol. The molecule has 0 aliphatic carbocycles. The first-order valence-corrected chi connectivity index (χ1v) is 6.11. The maximum Gasteiger partial charge on any atom is 0.0522 e. The molecule has 2 nitrogen and oxygen atoms in total. The van der Waals surface area contributed by atoms with Crippen LogP contribution in [0.1, 0.15) is 19.4 Å². The normalized spacial score (nSPS) is 12.3. The molecule has 3 heteroatoms. The second-order valence-electron chi connectivity index (χ2n) is 4.86. The van der Waals surface area contributed by atoms with Crippen LogP contribution >= 0.6 is 15.9 Å². The molecule has 16 heavy (non-hydrogen) atoms. The highest BCUT2D eigenvalue weighted by atomic mass is 79.9. The summed E-state index contributed by atoms with van der Waals surface area (Å²) in [5.74, 6) is 0. The summed E-state index contributed by atoms with van der Waals surface area (Å²) in [6.45, 7) is 4.25. The van der Waals surface area contributed by atoms with Gasteiger partial charge in [-0.05, 0) is 27.6 Å². The second kappa shape index (κ2) is 3.90. The van der Waals surface area contributed by atoms with Gasteiger partial charge in [-0.2, -0.15) is 0 Å². The third kappa shape index (κ3) is 1.78. The van der Waals surface area contributed by atoms with Crippen molar-refractivity contribution in [3.8, 4) is 0 Å². The lowest BCUT2D eigenvalue weighted by Gasteiger charge is -2.22. The lowest BCUT2D eigenvalue weighted by molar-refractivity contribution is 0.218. The fourth-order valence-electron chi connectivity index (χ4n) is 1.85. The zero-order valence-corrected chi connectivity index (χ0v) is 11.4. The minimum Gasteiger partial charge on any atom is -0.395 e. The Kier molecular flexibility index (Phi) is 2.84. The molecule has 0 atom stereocenters. The van der Waals surface area contributed by atoms with E-state index in [9.17, 15) is 5.11 Å². The fraction of sp³-hybridized carbons (Fsp3) is 0.385. The molecule has 2 aromatic rings. The van der Waals surface area contributed by atoms with Gasteiger partial charge in [-0.15, -0.1) is 0 Å². The van der Waals surface area contributed by atoms with E-state index in [1.54, 1.807) is 0 Å². The van der Waals surface area contributed by atoms with E-state index in [4.69, 9.17) is 0 Å². The molecule has 0 spiro atoms. The van der Waals surface area contributed by atoms with Gasteiger partial charge in [-0.1, -0.05) is 26.0 Å². The first kappa shape index (κ1) is 11.7. The summed E-state index contributed by atoms with van der Waals surface area (Å²) in [6.07, 6.45) is 2.06. The molecule has 0 aliphatic heterocycles. The number of aromatic nitrogens is 1. The molecule has 1 N–H and O–H groups in total. The zero-order chi connectivity index (χ0) is 11.9. The largest absolute Gasteiger partial charge is 0.395 e. The summed E-state index contributed by atoms with van der Waals surface area (Å²) in [5, 5.41) is 10.6. The highest BCUT2D eigenvalue weighted by molar-refractivity contribution is 9.10. The molecule has 2 rings (SSSR count). The third-order valence-electron chi connectivity index (χ3n) is 3.12. The van der Waals surface area contributed by atoms with Crippen LogP contribution in [0, 0.1) is 0 Å². The van der Waals surface area contributed by atoms with Crippen LogP contribution < -0.4 is 0 Å². The van der Waals surface area contributed by atoms with Gasteiger partial charge >= 0.3 is 0 Å². The highest BCUT2D eigenvalue weighted by Gasteiger charge is 2.20. The van der Waals surface area contributed by atoms with Gasteiger partial charge in [0.15, 0.2) is 0 Å². The molecule has 1 aromatic carbocycles. The Morgan fingerprint density at radius 3 is 2.69 bits per heavy atom. The second-order valence-corrected chi connectivity index (χ2v) is 5.72. The average molecular weight is 282 g/mol. The van der Waals surface area contributed by atoms with Crippen molar-refractivity contribution in [2.24, 2.45) is 7.05 Å². The lowest BCUT2D eigenvalue weighted by atomic mass is 9.85.